The van der Waals surface area contributed by atoms with Crippen LogP contribution in [0.4, 0.5) is 14.5 Å². The minimum absolute atomic E-state index is 0.0348. The number of nitrogens with one attached hydrogen (secondary N) is 1. The van der Waals surface area contributed by atoms with E-state index in [0.717, 1.165) is 37.8 Å². The Morgan fingerprint density at radius 3 is 2.81 bits per heavy atom. The number of hydrogen-bond acceptors (Lipinski definition) is 4. The molecule has 1 fully saturated rings. The smallest absolute Gasteiger partial charge is 0.284 e. The molecule has 0 saturated heterocycles. The van der Waals surface area contributed by atoms with Crippen LogP contribution in [0, 0.1) is 6.92 Å². The van der Waals surface area contributed by atoms with E-state index in [9.17, 15) is 13.6 Å². The maximum atomic E-state index is 13.5. The zero-order chi connectivity index (χ0) is 19.0. The number of amides is 1. The molecule has 1 amide bonds. The first-order valence-corrected chi connectivity index (χ1v) is 9.02. The summed E-state index contributed by atoms with van der Waals surface area (Å²) in [5.41, 5.74) is 0.965. The van der Waals surface area contributed by atoms with Crippen molar-refractivity contribution in [1.82, 2.24) is 24.4 Å². The molecule has 0 aliphatic heterocycles. The molecule has 142 valence electrons. The number of anilines is 1. The molecule has 1 saturated carbocycles. The molecule has 0 aromatic carbocycles. The normalized spacial score (nSPS) is 15.6. The number of hydrogen-bond donors (Lipinski definition) is 1. The van der Waals surface area contributed by atoms with Gasteiger partial charge >= 0.3 is 0 Å². The molecule has 0 atom stereocenters. The van der Waals surface area contributed by atoms with Crippen molar-refractivity contribution in [2.24, 2.45) is 0 Å². The van der Waals surface area contributed by atoms with Gasteiger partial charge in [-0.15, -0.1) is 0 Å². The van der Waals surface area contributed by atoms with E-state index in [1.165, 1.54) is 16.9 Å². The number of alkyl halides is 2. The highest BCUT2D eigenvalue weighted by Crippen LogP contribution is 2.32. The number of fused-ring (bicyclic) bond motifs is 1. The fraction of sp³-hybridized carbons (Fsp3) is 0.444. The summed E-state index contributed by atoms with van der Waals surface area (Å²) in [5.74, 6) is -0.534. The second-order valence-corrected chi connectivity index (χ2v) is 6.85. The van der Waals surface area contributed by atoms with Gasteiger partial charge in [0.15, 0.2) is 11.3 Å². The van der Waals surface area contributed by atoms with Crippen LogP contribution in [0.1, 0.15) is 66.3 Å². The standard InChI is InChI=1S/C18H20F2N6O/c1-11-7-8-25-17(22-11)13(9-21-25)18(27)23-14-10-26(24-15(14)16(19)20)12-5-3-2-4-6-12/h7-10,12,16H,2-6H2,1H3,(H,23,27). The summed E-state index contributed by atoms with van der Waals surface area (Å²) >= 11 is 0. The third-order valence-electron chi connectivity index (χ3n) is 4.92. The molecule has 9 heteroatoms. The summed E-state index contributed by atoms with van der Waals surface area (Å²) in [4.78, 5) is 17.0. The van der Waals surface area contributed by atoms with Gasteiger partial charge in [-0.1, -0.05) is 19.3 Å². The summed E-state index contributed by atoms with van der Waals surface area (Å²) in [6.45, 7) is 1.80. The first-order valence-electron chi connectivity index (χ1n) is 9.02. The maximum Gasteiger partial charge on any atom is 0.284 e. The first-order chi connectivity index (χ1) is 13.0. The fourth-order valence-electron chi connectivity index (χ4n) is 3.50. The lowest BCUT2D eigenvalue weighted by Gasteiger charge is -2.21. The van der Waals surface area contributed by atoms with Crippen LogP contribution in [0.15, 0.2) is 24.7 Å². The summed E-state index contributed by atoms with van der Waals surface area (Å²) < 4.78 is 30.0. The van der Waals surface area contributed by atoms with Gasteiger partial charge in [0.25, 0.3) is 12.3 Å². The summed E-state index contributed by atoms with van der Waals surface area (Å²) in [5, 5.41) is 10.7. The van der Waals surface area contributed by atoms with Crippen molar-refractivity contribution in [3.05, 3.63) is 41.6 Å². The van der Waals surface area contributed by atoms with Crippen molar-refractivity contribution < 1.29 is 13.6 Å². The molecule has 3 aromatic rings. The average Bonchev–Trinajstić information content (AvgIpc) is 3.26. The highest BCUT2D eigenvalue weighted by atomic mass is 19.3. The molecule has 1 aliphatic rings. The van der Waals surface area contributed by atoms with Gasteiger partial charge in [-0.05, 0) is 25.8 Å². The molecule has 27 heavy (non-hydrogen) atoms. The molecule has 1 N–H and O–H groups in total. The Hall–Kier alpha value is -2.84. The molecule has 0 bridgehead atoms. The zero-order valence-corrected chi connectivity index (χ0v) is 14.9. The minimum atomic E-state index is -2.77. The van der Waals surface area contributed by atoms with E-state index in [-0.39, 0.29) is 17.3 Å². The molecule has 0 spiro atoms. The largest absolute Gasteiger partial charge is 0.319 e. The van der Waals surface area contributed by atoms with E-state index in [1.54, 1.807) is 23.9 Å². The Balaban J connectivity index is 1.63. The van der Waals surface area contributed by atoms with E-state index < -0.39 is 18.0 Å². The number of halogens is 2. The highest BCUT2D eigenvalue weighted by molar-refractivity contribution is 6.08. The van der Waals surface area contributed by atoms with Gasteiger partial charge in [0.05, 0.1) is 17.9 Å². The van der Waals surface area contributed by atoms with Crippen LogP contribution in [-0.2, 0) is 0 Å². The van der Waals surface area contributed by atoms with Gasteiger partial charge in [-0.3, -0.25) is 9.48 Å². The Morgan fingerprint density at radius 1 is 1.30 bits per heavy atom. The molecular weight excluding hydrogens is 354 g/mol. The Morgan fingerprint density at radius 2 is 2.07 bits per heavy atom. The van der Waals surface area contributed by atoms with Crippen molar-refractivity contribution >= 4 is 17.2 Å². The van der Waals surface area contributed by atoms with E-state index >= 15 is 0 Å². The molecule has 7 nitrogen and oxygen atoms in total. The van der Waals surface area contributed by atoms with Crippen LogP contribution in [0.5, 0.6) is 0 Å². The molecular formula is C18H20F2N6O. The number of carbonyl (C=O) groups excluding carboxylic acids is 1. The van der Waals surface area contributed by atoms with E-state index in [0.29, 0.717) is 5.65 Å². The summed E-state index contributed by atoms with van der Waals surface area (Å²) in [7, 11) is 0. The first kappa shape index (κ1) is 17.6. The molecule has 0 radical (unpaired) electrons. The summed E-state index contributed by atoms with van der Waals surface area (Å²) in [6, 6.07) is 1.87. The van der Waals surface area contributed by atoms with Gasteiger partial charge in [0.2, 0.25) is 0 Å². The number of nitrogens with zero attached hydrogens (tertiary/aromatic N) is 5. The van der Waals surface area contributed by atoms with Gasteiger partial charge in [-0.25, -0.2) is 18.3 Å². The van der Waals surface area contributed by atoms with Crippen LogP contribution >= 0.6 is 0 Å². The molecule has 1 aliphatic carbocycles. The number of aryl methyl sites for hydroxylation is 1. The van der Waals surface area contributed by atoms with E-state index in [4.69, 9.17) is 0 Å². The van der Waals surface area contributed by atoms with Crippen molar-refractivity contribution in [1.29, 1.82) is 0 Å². The van der Waals surface area contributed by atoms with Crippen LogP contribution < -0.4 is 5.32 Å². The highest BCUT2D eigenvalue weighted by Gasteiger charge is 2.25. The predicted molar refractivity (Wildman–Crippen MR) is 95.0 cm³/mol. The Bertz CT molecular complexity index is 974. The van der Waals surface area contributed by atoms with Crippen LogP contribution in [0.3, 0.4) is 0 Å². The van der Waals surface area contributed by atoms with Crippen molar-refractivity contribution in [3.63, 3.8) is 0 Å². The van der Waals surface area contributed by atoms with E-state index in [1.807, 2.05) is 0 Å². The second-order valence-electron chi connectivity index (χ2n) is 6.85. The average molecular weight is 374 g/mol. The van der Waals surface area contributed by atoms with E-state index in [2.05, 4.69) is 20.5 Å². The third kappa shape index (κ3) is 3.41. The quantitative estimate of drug-likeness (QED) is 0.751. The van der Waals surface area contributed by atoms with Gasteiger partial charge < -0.3 is 5.32 Å². The zero-order valence-electron chi connectivity index (χ0n) is 14.9. The van der Waals surface area contributed by atoms with Crippen molar-refractivity contribution in [3.8, 4) is 0 Å². The van der Waals surface area contributed by atoms with Crippen molar-refractivity contribution in [2.45, 2.75) is 51.5 Å². The van der Waals surface area contributed by atoms with Gasteiger partial charge in [0, 0.05) is 18.1 Å². The van der Waals surface area contributed by atoms with Crippen LogP contribution in [0.25, 0.3) is 5.65 Å². The molecule has 3 aromatic heterocycles. The topological polar surface area (TPSA) is 77.1 Å². The second kappa shape index (κ2) is 7.05. The maximum absolute atomic E-state index is 13.5. The lowest BCUT2D eigenvalue weighted by Crippen LogP contribution is -2.14. The van der Waals surface area contributed by atoms with Gasteiger partial charge in [0.1, 0.15) is 5.56 Å². The van der Waals surface area contributed by atoms with Crippen molar-refractivity contribution in [2.75, 3.05) is 5.32 Å². The summed E-state index contributed by atoms with van der Waals surface area (Å²) in [6.07, 6.45) is 6.92. The lowest BCUT2D eigenvalue weighted by atomic mass is 9.96. The molecule has 3 heterocycles. The Kier molecular flexibility index (Phi) is 4.59. The van der Waals surface area contributed by atoms with Gasteiger partial charge in [-0.2, -0.15) is 10.2 Å². The number of carbonyl (C=O) groups is 1. The number of aromatic nitrogens is 5. The van der Waals surface area contributed by atoms with Crippen LogP contribution in [-0.4, -0.2) is 30.3 Å². The number of rotatable bonds is 4. The lowest BCUT2D eigenvalue weighted by molar-refractivity contribution is 0.102. The fourth-order valence-corrected chi connectivity index (χ4v) is 3.50. The molecule has 4 rings (SSSR count). The monoisotopic (exact) mass is 374 g/mol. The molecule has 0 unspecified atom stereocenters. The minimum Gasteiger partial charge on any atom is -0.319 e. The Labute approximate surface area is 154 Å². The SMILES string of the molecule is Cc1ccn2ncc(C(=O)Nc3cn(C4CCCCC4)nc3C(F)F)c2n1. The third-order valence-corrected chi connectivity index (χ3v) is 4.92. The van der Waals surface area contributed by atoms with Crippen LogP contribution in [0.2, 0.25) is 0 Å². The predicted octanol–water partition coefficient (Wildman–Crippen LogP) is 3.93.